The smallest absolute Gasteiger partial charge is 0.229 e. The lowest BCUT2D eigenvalue weighted by molar-refractivity contribution is 0.415. The first kappa shape index (κ1) is 16.8. The molecule has 0 saturated carbocycles. The summed E-state index contributed by atoms with van der Waals surface area (Å²) < 4.78 is 5.26. The van der Waals surface area contributed by atoms with Gasteiger partial charge < -0.3 is 15.0 Å². The summed E-state index contributed by atoms with van der Waals surface area (Å²) in [5, 5.41) is 3.26. The van der Waals surface area contributed by atoms with Crippen LogP contribution in [0.4, 0.5) is 23.1 Å². The van der Waals surface area contributed by atoms with Gasteiger partial charge in [0, 0.05) is 35.7 Å². The van der Waals surface area contributed by atoms with Gasteiger partial charge in [0.2, 0.25) is 5.95 Å². The third kappa shape index (κ3) is 4.07. The molecule has 25 heavy (non-hydrogen) atoms. The first-order valence-electron chi connectivity index (χ1n) is 8.29. The van der Waals surface area contributed by atoms with Crippen LogP contribution in [0.1, 0.15) is 12.6 Å². The molecule has 1 N–H and O–H groups in total. The highest BCUT2D eigenvalue weighted by atomic mass is 16.5. The van der Waals surface area contributed by atoms with E-state index >= 15 is 0 Å². The molecule has 0 unspecified atom stereocenters. The summed E-state index contributed by atoms with van der Waals surface area (Å²) in [4.78, 5) is 11.4. The molecule has 0 aliphatic heterocycles. The van der Waals surface area contributed by atoms with Crippen molar-refractivity contribution >= 4 is 23.1 Å². The summed E-state index contributed by atoms with van der Waals surface area (Å²) in [6.45, 7) is 4.90. The predicted octanol–water partition coefficient (Wildman–Crippen LogP) is 4.70. The summed E-state index contributed by atoms with van der Waals surface area (Å²) in [5.41, 5.74) is 2.90. The second-order valence-corrected chi connectivity index (χ2v) is 5.63. The molecule has 0 aliphatic carbocycles. The molecule has 128 valence electrons. The van der Waals surface area contributed by atoms with E-state index in [1.807, 2.05) is 55.5 Å². The SMILES string of the molecule is CCN(c1ccccc1)c1cc(C)nc(Nc2cccc(OC)c2)n1. The number of ether oxygens (including phenoxy) is 1. The maximum atomic E-state index is 5.26. The van der Waals surface area contributed by atoms with Crippen molar-refractivity contribution in [1.82, 2.24) is 9.97 Å². The number of methoxy groups -OCH3 is 1. The fourth-order valence-corrected chi connectivity index (χ4v) is 2.66. The number of hydrogen-bond donors (Lipinski definition) is 1. The van der Waals surface area contributed by atoms with Crippen LogP contribution in [-0.4, -0.2) is 23.6 Å². The number of nitrogens with one attached hydrogen (secondary N) is 1. The Bertz CT molecular complexity index is 836. The minimum atomic E-state index is 0.567. The van der Waals surface area contributed by atoms with E-state index in [9.17, 15) is 0 Å². The number of aryl methyl sites for hydroxylation is 1. The summed E-state index contributed by atoms with van der Waals surface area (Å²) in [6.07, 6.45) is 0. The number of anilines is 4. The minimum absolute atomic E-state index is 0.567. The largest absolute Gasteiger partial charge is 0.497 e. The van der Waals surface area contributed by atoms with Crippen molar-refractivity contribution in [3.8, 4) is 5.75 Å². The summed E-state index contributed by atoms with van der Waals surface area (Å²) in [6, 6.07) is 19.9. The molecule has 0 fully saturated rings. The quantitative estimate of drug-likeness (QED) is 0.708. The normalized spacial score (nSPS) is 10.4. The van der Waals surface area contributed by atoms with Crippen molar-refractivity contribution in [2.24, 2.45) is 0 Å². The number of rotatable bonds is 6. The maximum absolute atomic E-state index is 5.26. The molecule has 0 bridgehead atoms. The molecule has 0 radical (unpaired) electrons. The molecule has 0 saturated heterocycles. The highest BCUT2D eigenvalue weighted by Gasteiger charge is 2.11. The molecule has 0 atom stereocenters. The fourth-order valence-electron chi connectivity index (χ4n) is 2.66. The second kappa shape index (κ2) is 7.66. The Hall–Kier alpha value is -3.08. The van der Waals surface area contributed by atoms with Gasteiger partial charge in [-0.25, -0.2) is 4.98 Å². The number of aromatic nitrogens is 2. The third-order valence-electron chi connectivity index (χ3n) is 3.83. The van der Waals surface area contributed by atoms with Crippen LogP contribution in [0.25, 0.3) is 0 Å². The third-order valence-corrected chi connectivity index (χ3v) is 3.83. The monoisotopic (exact) mass is 334 g/mol. The van der Waals surface area contributed by atoms with Crippen LogP contribution in [0.2, 0.25) is 0 Å². The molecule has 1 aromatic heterocycles. The van der Waals surface area contributed by atoms with E-state index in [0.29, 0.717) is 5.95 Å². The van der Waals surface area contributed by atoms with E-state index in [2.05, 4.69) is 34.3 Å². The van der Waals surface area contributed by atoms with Gasteiger partial charge in [0.05, 0.1) is 7.11 Å². The Morgan fingerprint density at radius 1 is 1.00 bits per heavy atom. The number of benzene rings is 2. The lowest BCUT2D eigenvalue weighted by atomic mass is 10.2. The minimum Gasteiger partial charge on any atom is -0.497 e. The zero-order valence-electron chi connectivity index (χ0n) is 14.7. The molecule has 1 heterocycles. The number of hydrogen-bond acceptors (Lipinski definition) is 5. The van der Waals surface area contributed by atoms with Crippen LogP contribution in [0.15, 0.2) is 60.7 Å². The Balaban J connectivity index is 1.92. The molecular weight excluding hydrogens is 312 g/mol. The maximum Gasteiger partial charge on any atom is 0.229 e. The van der Waals surface area contributed by atoms with Crippen LogP contribution >= 0.6 is 0 Å². The average molecular weight is 334 g/mol. The number of nitrogens with zero attached hydrogens (tertiary/aromatic N) is 3. The molecule has 3 rings (SSSR count). The van der Waals surface area contributed by atoms with Crippen molar-refractivity contribution in [2.45, 2.75) is 13.8 Å². The van der Waals surface area contributed by atoms with Crippen LogP contribution < -0.4 is 15.0 Å². The lowest BCUT2D eigenvalue weighted by Gasteiger charge is -2.23. The Kier molecular flexibility index (Phi) is 5.14. The molecule has 5 heteroatoms. The van der Waals surface area contributed by atoms with Crippen molar-refractivity contribution < 1.29 is 4.74 Å². The zero-order valence-corrected chi connectivity index (χ0v) is 14.7. The Labute approximate surface area is 148 Å². The predicted molar refractivity (Wildman–Crippen MR) is 102 cm³/mol. The van der Waals surface area contributed by atoms with Crippen molar-refractivity contribution in [1.29, 1.82) is 0 Å². The van der Waals surface area contributed by atoms with E-state index in [1.54, 1.807) is 7.11 Å². The van der Waals surface area contributed by atoms with Gasteiger partial charge >= 0.3 is 0 Å². The van der Waals surface area contributed by atoms with Crippen LogP contribution in [0.3, 0.4) is 0 Å². The van der Waals surface area contributed by atoms with Gasteiger partial charge in [-0.15, -0.1) is 0 Å². The van der Waals surface area contributed by atoms with Gasteiger partial charge in [-0.05, 0) is 38.1 Å². The molecule has 0 aliphatic rings. The van der Waals surface area contributed by atoms with Gasteiger partial charge in [-0.2, -0.15) is 4.98 Å². The summed E-state index contributed by atoms with van der Waals surface area (Å²) >= 11 is 0. The van der Waals surface area contributed by atoms with E-state index < -0.39 is 0 Å². The topological polar surface area (TPSA) is 50.3 Å². The van der Waals surface area contributed by atoms with Gasteiger partial charge in [-0.3, -0.25) is 0 Å². The zero-order chi connectivity index (χ0) is 17.6. The first-order chi connectivity index (χ1) is 12.2. The van der Waals surface area contributed by atoms with E-state index in [0.717, 1.165) is 35.2 Å². The highest BCUT2D eigenvalue weighted by molar-refractivity contribution is 5.63. The highest BCUT2D eigenvalue weighted by Crippen LogP contribution is 2.26. The molecule has 0 amide bonds. The lowest BCUT2D eigenvalue weighted by Crippen LogP contribution is -2.18. The van der Waals surface area contributed by atoms with E-state index in [-0.39, 0.29) is 0 Å². The van der Waals surface area contributed by atoms with Gasteiger partial charge in [0.15, 0.2) is 0 Å². The summed E-state index contributed by atoms with van der Waals surface area (Å²) in [7, 11) is 1.65. The van der Waals surface area contributed by atoms with Crippen molar-refractivity contribution in [3.63, 3.8) is 0 Å². The van der Waals surface area contributed by atoms with Gasteiger partial charge in [0.25, 0.3) is 0 Å². The molecule has 2 aromatic carbocycles. The van der Waals surface area contributed by atoms with E-state index in [4.69, 9.17) is 9.72 Å². The second-order valence-electron chi connectivity index (χ2n) is 5.63. The van der Waals surface area contributed by atoms with Crippen molar-refractivity contribution in [2.75, 3.05) is 23.9 Å². The van der Waals surface area contributed by atoms with Gasteiger partial charge in [0.1, 0.15) is 11.6 Å². The number of para-hydroxylation sites is 1. The van der Waals surface area contributed by atoms with Gasteiger partial charge in [-0.1, -0.05) is 24.3 Å². The van der Waals surface area contributed by atoms with Crippen LogP contribution in [0.5, 0.6) is 5.75 Å². The molecule has 0 spiro atoms. The van der Waals surface area contributed by atoms with Crippen LogP contribution in [-0.2, 0) is 0 Å². The molecule has 5 nitrogen and oxygen atoms in total. The molecule has 3 aromatic rings. The average Bonchev–Trinajstić information content (AvgIpc) is 2.63. The van der Waals surface area contributed by atoms with E-state index in [1.165, 1.54) is 0 Å². The molecular formula is C20H22N4O. The first-order valence-corrected chi connectivity index (χ1v) is 8.29. The van der Waals surface area contributed by atoms with Crippen LogP contribution in [0, 0.1) is 6.92 Å². The Morgan fingerprint density at radius 2 is 1.80 bits per heavy atom. The van der Waals surface area contributed by atoms with Crippen molar-refractivity contribution in [3.05, 3.63) is 66.4 Å². The summed E-state index contributed by atoms with van der Waals surface area (Å²) in [5.74, 6) is 2.22. The fraction of sp³-hybridized carbons (Fsp3) is 0.200. The Morgan fingerprint density at radius 3 is 2.52 bits per heavy atom. The standard InChI is InChI=1S/C20H22N4O/c1-4-24(17-10-6-5-7-11-17)19-13-15(2)21-20(23-19)22-16-9-8-12-18(14-16)25-3/h5-14H,4H2,1-3H3,(H,21,22,23).